The molecule has 2 aliphatic rings. The number of likely N-dealkylation sites (tertiary alicyclic amines) is 2. The Bertz CT molecular complexity index is 1670. The van der Waals surface area contributed by atoms with Crippen molar-refractivity contribution in [3.63, 3.8) is 0 Å². The minimum absolute atomic E-state index is 0.0784. The molecule has 0 bridgehead atoms. The van der Waals surface area contributed by atoms with Crippen molar-refractivity contribution in [1.29, 1.82) is 0 Å². The fourth-order valence-electron chi connectivity index (χ4n) is 6.53. The lowest BCUT2D eigenvalue weighted by Crippen LogP contribution is -2.58. The summed E-state index contributed by atoms with van der Waals surface area (Å²) < 4.78 is 3.38. The number of aliphatic hydroxyl groups is 1. The topological polar surface area (TPSA) is 158 Å². The van der Waals surface area contributed by atoms with Crippen LogP contribution < -0.4 is 10.6 Å². The van der Waals surface area contributed by atoms with E-state index in [-0.39, 0.29) is 30.2 Å². The first-order chi connectivity index (χ1) is 24.4. The Kier molecular flexibility index (Phi) is 14.0. The molecule has 3 heterocycles. The van der Waals surface area contributed by atoms with Crippen molar-refractivity contribution in [2.45, 2.75) is 82.3 Å². The average molecular weight is 781 g/mol. The SMILES string of the molecule is CC(=O)N1CCC(/C=C/c2ccc3ccc([C@@H](C)O)nc3c2)(C(=O)N[C@H](C(=O)N[C@@H](C)C(=O)N2CCC[C@@H](C(=O)OCC(Cl)(Cl)Cl)C2)C(C)C)CC1. The molecule has 0 spiro atoms. The maximum absolute atomic E-state index is 14.2. The summed E-state index contributed by atoms with van der Waals surface area (Å²) in [6, 6.07) is 7.49. The third-order valence-electron chi connectivity index (χ3n) is 9.72. The number of aromatic nitrogens is 1. The molecule has 1 aromatic carbocycles. The monoisotopic (exact) mass is 779 g/mol. The van der Waals surface area contributed by atoms with E-state index in [1.807, 2.05) is 36.4 Å². The van der Waals surface area contributed by atoms with E-state index in [4.69, 9.17) is 39.5 Å². The van der Waals surface area contributed by atoms with Crippen molar-refractivity contribution in [2.75, 3.05) is 32.8 Å². The third kappa shape index (κ3) is 10.8. The van der Waals surface area contributed by atoms with Gasteiger partial charge in [-0.1, -0.05) is 79.0 Å². The minimum Gasteiger partial charge on any atom is -0.461 e. The number of alkyl halides is 3. The highest BCUT2D eigenvalue weighted by molar-refractivity contribution is 6.67. The van der Waals surface area contributed by atoms with Crippen LogP contribution in [0.15, 0.2) is 36.4 Å². The molecule has 1 aromatic heterocycles. The average Bonchev–Trinajstić information content (AvgIpc) is 3.10. The van der Waals surface area contributed by atoms with E-state index in [0.717, 1.165) is 10.9 Å². The van der Waals surface area contributed by atoms with Crippen LogP contribution in [0.4, 0.5) is 0 Å². The first-order valence-corrected chi connectivity index (χ1v) is 18.7. The smallest absolute Gasteiger partial charge is 0.310 e. The van der Waals surface area contributed by atoms with Gasteiger partial charge >= 0.3 is 5.97 Å². The van der Waals surface area contributed by atoms with Gasteiger partial charge in [0.25, 0.3) is 0 Å². The number of hydrogen-bond donors (Lipinski definition) is 3. The second-order valence-corrected chi connectivity index (χ2v) is 16.6. The molecule has 2 aliphatic heterocycles. The van der Waals surface area contributed by atoms with Gasteiger partial charge in [0.15, 0.2) is 0 Å². The van der Waals surface area contributed by atoms with Crippen LogP contribution in [0.25, 0.3) is 17.0 Å². The number of piperidine rings is 2. The predicted molar refractivity (Wildman–Crippen MR) is 200 cm³/mol. The van der Waals surface area contributed by atoms with Crippen LogP contribution in [0.2, 0.25) is 0 Å². The molecule has 4 rings (SSSR count). The summed E-state index contributed by atoms with van der Waals surface area (Å²) in [7, 11) is 0. The lowest BCUT2D eigenvalue weighted by Gasteiger charge is -2.39. The molecular weight excluding hydrogens is 733 g/mol. The maximum atomic E-state index is 14.2. The van der Waals surface area contributed by atoms with Gasteiger partial charge in [0.2, 0.25) is 27.4 Å². The van der Waals surface area contributed by atoms with Crippen LogP contribution in [-0.2, 0) is 28.7 Å². The van der Waals surface area contributed by atoms with Gasteiger partial charge in [0.05, 0.1) is 28.6 Å². The molecule has 15 heteroatoms. The molecule has 284 valence electrons. The van der Waals surface area contributed by atoms with Crippen molar-refractivity contribution in [1.82, 2.24) is 25.4 Å². The lowest BCUT2D eigenvalue weighted by atomic mass is 9.76. The Morgan fingerprint density at radius 1 is 1.02 bits per heavy atom. The van der Waals surface area contributed by atoms with E-state index in [0.29, 0.717) is 56.5 Å². The Morgan fingerprint density at radius 2 is 1.69 bits per heavy atom. The van der Waals surface area contributed by atoms with Gasteiger partial charge in [0.1, 0.15) is 18.7 Å². The summed E-state index contributed by atoms with van der Waals surface area (Å²) in [4.78, 5) is 73.8. The summed E-state index contributed by atoms with van der Waals surface area (Å²) >= 11 is 17.1. The highest BCUT2D eigenvalue weighted by Crippen LogP contribution is 2.35. The number of carbonyl (C=O) groups is 5. The van der Waals surface area contributed by atoms with Crippen molar-refractivity contribution in [3.05, 3.63) is 47.7 Å². The van der Waals surface area contributed by atoms with E-state index in [9.17, 15) is 29.1 Å². The van der Waals surface area contributed by atoms with Crippen LogP contribution in [0.3, 0.4) is 0 Å². The number of pyridine rings is 1. The van der Waals surface area contributed by atoms with Crippen LogP contribution >= 0.6 is 34.8 Å². The standard InChI is InChI=1S/C37H48Cl3N5O7/c1-22(2)31(32(48)41-23(3)33(49)45-16-6-7-28(20-45)34(50)52-21-37(38,39)40)43-35(51)36(14-17-44(18-15-36)25(5)47)13-12-26-8-9-27-10-11-29(24(4)46)42-30(27)19-26/h8-13,19,22-24,28,31,46H,6-7,14-18,20-21H2,1-5H3,(H,41,48)(H,43,51)/b13-12+/t23-,24+,28+,31-/m0/s1. The summed E-state index contributed by atoms with van der Waals surface area (Å²) in [5.74, 6) is -2.82. The first-order valence-electron chi connectivity index (χ1n) is 17.6. The number of carbonyl (C=O) groups excluding carboxylic acids is 5. The van der Waals surface area contributed by atoms with Crippen molar-refractivity contribution < 1.29 is 33.8 Å². The number of hydrogen-bond acceptors (Lipinski definition) is 8. The number of nitrogens with zero attached hydrogens (tertiary/aromatic N) is 3. The molecule has 2 aromatic rings. The number of nitrogens with one attached hydrogen (secondary N) is 2. The van der Waals surface area contributed by atoms with E-state index >= 15 is 0 Å². The molecule has 2 fully saturated rings. The largest absolute Gasteiger partial charge is 0.461 e. The fourth-order valence-corrected chi connectivity index (χ4v) is 6.69. The molecule has 52 heavy (non-hydrogen) atoms. The number of rotatable bonds is 11. The van der Waals surface area contributed by atoms with Gasteiger partial charge in [-0.05, 0) is 63.1 Å². The molecule has 0 aliphatic carbocycles. The number of aliphatic hydroxyl groups excluding tert-OH is 1. The maximum Gasteiger partial charge on any atom is 0.310 e. The predicted octanol–water partition coefficient (Wildman–Crippen LogP) is 4.73. The van der Waals surface area contributed by atoms with Crippen LogP contribution in [0, 0.1) is 17.3 Å². The zero-order chi connectivity index (χ0) is 38.4. The molecule has 3 N–H and O–H groups in total. The number of halogens is 3. The molecule has 4 atom stereocenters. The summed E-state index contributed by atoms with van der Waals surface area (Å²) in [5, 5.41) is 16.6. The minimum atomic E-state index is -1.75. The Morgan fingerprint density at radius 3 is 2.31 bits per heavy atom. The van der Waals surface area contributed by atoms with Crippen molar-refractivity contribution >= 4 is 81.4 Å². The number of amides is 4. The zero-order valence-electron chi connectivity index (χ0n) is 30.2. The fraction of sp³-hybridized carbons (Fsp3) is 0.568. The summed E-state index contributed by atoms with van der Waals surface area (Å²) in [6.45, 7) is 9.14. The second-order valence-electron chi connectivity index (χ2n) is 14.1. The lowest BCUT2D eigenvalue weighted by molar-refractivity contribution is -0.152. The van der Waals surface area contributed by atoms with Crippen LogP contribution in [0.5, 0.6) is 0 Å². The van der Waals surface area contributed by atoms with E-state index in [1.165, 1.54) is 11.8 Å². The molecule has 4 amide bonds. The van der Waals surface area contributed by atoms with Crippen LogP contribution in [0.1, 0.15) is 77.7 Å². The molecule has 0 radical (unpaired) electrons. The quantitative estimate of drug-likeness (QED) is 0.218. The Balaban J connectivity index is 1.47. The molecular formula is C37H48Cl3N5O7. The van der Waals surface area contributed by atoms with Crippen molar-refractivity contribution in [3.8, 4) is 0 Å². The number of esters is 1. The first kappa shape index (κ1) is 41.3. The number of ether oxygens (including phenoxy) is 1. The Hall–Kier alpha value is -3.45. The Labute approximate surface area is 319 Å². The van der Waals surface area contributed by atoms with Gasteiger partial charge in [-0.3, -0.25) is 29.0 Å². The van der Waals surface area contributed by atoms with E-state index in [2.05, 4.69) is 15.6 Å². The zero-order valence-corrected chi connectivity index (χ0v) is 32.4. The summed E-state index contributed by atoms with van der Waals surface area (Å²) in [6.07, 6.45) is 4.72. The molecule has 2 saturated heterocycles. The normalized spacial score (nSPS) is 19.6. The van der Waals surface area contributed by atoms with Gasteiger partial charge in [-0.25, -0.2) is 0 Å². The molecule has 12 nitrogen and oxygen atoms in total. The molecule has 0 unspecified atom stereocenters. The second kappa shape index (κ2) is 17.6. The van der Waals surface area contributed by atoms with Gasteiger partial charge in [-0.15, -0.1) is 0 Å². The summed E-state index contributed by atoms with van der Waals surface area (Å²) in [5.41, 5.74) is 1.02. The van der Waals surface area contributed by atoms with Crippen molar-refractivity contribution in [2.24, 2.45) is 17.3 Å². The number of fused-ring (bicyclic) bond motifs is 1. The van der Waals surface area contributed by atoms with Gasteiger partial charge < -0.3 is 30.3 Å². The highest BCUT2D eigenvalue weighted by atomic mass is 35.6. The molecule has 0 saturated carbocycles. The van der Waals surface area contributed by atoms with Gasteiger partial charge in [0, 0.05) is 38.5 Å². The van der Waals surface area contributed by atoms with E-state index < -0.39 is 51.8 Å². The van der Waals surface area contributed by atoms with E-state index in [1.54, 1.807) is 38.7 Å². The third-order valence-corrected chi connectivity index (χ3v) is 10.1. The van der Waals surface area contributed by atoms with Gasteiger partial charge in [-0.2, -0.15) is 0 Å². The highest BCUT2D eigenvalue weighted by Gasteiger charge is 2.42. The number of benzene rings is 1. The van der Waals surface area contributed by atoms with Crippen LogP contribution in [-0.4, -0.2) is 98.2 Å².